The summed E-state index contributed by atoms with van der Waals surface area (Å²) in [5.41, 5.74) is 15.5. The number of rotatable bonds is 2. The van der Waals surface area contributed by atoms with Crippen LogP contribution in [0.2, 0.25) is 0 Å². The van der Waals surface area contributed by atoms with Gasteiger partial charge in [-0.2, -0.15) is 0 Å². The van der Waals surface area contributed by atoms with Gasteiger partial charge in [-0.3, -0.25) is 0 Å². The molecule has 0 N–H and O–H groups in total. The van der Waals surface area contributed by atoms with Gasteiger partial charge in [-0.05, 0) is 52.4 Å². The molecular weight excluding hydrogens is 559 g/mol. The molecule has 0 bridgehead atoms. The molecule has 0 aliphatic carbocycles. The summed E-state index contributed by atoms with van der Waals surface area (Å²) in [5, 5.41) is 4.88. The van der Waals surface area contributed by atoms with Gasteiger partial charge >= 0.3 is 6.85 Å². The number of furan rings is 1. The van der Waals surface area contributed by atoms with E-state index in [-0.39, 0.29) is 6.85 Å². The second-order valence-electron chi connectivity index (χ2n) is 12.5. The average molecular weight is 584 g/mol. The lowest BCUT2D eigenvalue weighted by molar-refractivity contribution is 0.669. The summed E-state index contributed by atoms with van der Waals surface area (Å²) in [6.45, 7) is 0.0473. The van der Waals surface area contributed by atoms with Crippen LogP contribution in [0.5, 0.6) is 0 Å². The van der Waals surface area contributed by atoms with Crippen LogP contribution >= 0.6 is 0 Å². The van der Waals surface area contributed by atoms with Crippen LogP contribution in [-0.2, 0) is 0 Å². The van der Waals surface area contributed by atoms with E-state index in [1.807, 2.05) is 6.07 Å². The molecule has 3 nitrogen and oxygen atoms in total. The SMILES string of the molecule is c1ccc(-c2cc3c(cc2N2c4ccccc4B4c5c(cccc52)-c2cccc5c6ccccc6n4c25)oc2ccccc23)cc1. The Balaban J connectivity index is 1.28. The molecule has 0 saturated heterocycles. The monoisotopic (exact) mass is 584 g/mol. The number of hydrogen-bond donors (Lipinski definition) is 0. The highest BCUT2D eigenvalue weighted by atomic mass is 16.3. The molecule has 0 spiro atoms. The Morgan fingerprint density at radius 2 is 1.17 bits per heavy atom. The number of benzene rings is 7. The molecule has 0 unspecified atom stereocenters. The first kappa shape index (κ1) is 24.3. The molecule has 2 aliphatic heterocycles. The Labute approximate surface area is 265 Å². The standard InChI is InChI=1S/C42H25BN2O/c1-2-12-26(13-3-1)32-24-33-28-15-5-9-23-39(28)46-40(33)25-38(32)44-36-21-8-6-19-34(36)43-41-29(16-11-22-37(41)44)31-18-10-17-30-27-14-4-7-20-35(27)45(43)42(30)31/h1-25H. The molecule has 212 valence electrons. The maximum atomic E-state index is 6.52. The van der Waals surface area contributed by atoms with Crippen LogP contribution in [0.1, 0.15) is 0 Å². The third-order valence-corrected chi connectivity index (χ3v) is 10.2. The van der Waals surface area contributed by atoms with E-state index in [9.17, 15) is 0 Å². The van der Waals surface area contributed by atoms with E-state index < -0.39 is 0 Å². The summed E-state index contributed by atoms with van der Waals surface area (Å²) in [6.07, 6.45) is 0. The minimum absolute atomic E-state index is 0.0473. The Kier molecular flexibility index (Phi) is 4.66. The normalized spacial score (nSPS) is 13.1. The van der Waals surface area contributed by atoms with Gasteiger partial charge in [0.2, 0.25) is 0 Å². The van der Waals surface area contributed by atoms with Gasteiger partial charge in [-0.1, -0.05) is 115 Å². The van der Waals surface area contributed by atoms with Gasteiger partial charge in [0.05, 0.1) is 5.69 Å². The van der Waals surface area contributed by atoms with E-state index >= 15 is 0 Å². The molecule has 0 fully saturated rings. The summed E-state index contributed by atoms with van der Waals surface area (Å²) in [7, 11) is 0. The first-order chi connectivity index (χ1) is 22.8. The lowest BCUT2D eigenvalue weighted by atomic mass is 9.45. The summed E-state index contributed by atoms with van der Waals surface area (Å²) < 4.78 is 9.12. The zero-order chi connectivity index (χ0) is 29.9. The molecular formula is C42H25BN2O. The molecule has 0 amide bonds. The molecule has 0 saturated carbocycles. The van der Waals surface area contributed by atoms with Crippen molar-refractivity contribution in [2.45, 2.75) is 0 Å². The van der Waals surface area contributed by atoms with E-state index in [2.05, 4.69) is 155 Å². The molecule has 9 aromatic rings. The van der Waals surface area contributed by atoms with Crippen LogP contribution in [0.3, 0.4) is 0 Å². The Morgan fingerprint density at radius 1 is 0.457 bits per heavy atom. The van der Waals surface area contributed by atoms with Crippen molar-refractivity contribution >= 4 is 78.6 Å². The molecule has 46 heavy (non-hydrogen) atoms. The molecule has 2 aromatic heterocycles. The zero-order valence-electron chi connectivity index (χ0n) is 24.8. The fraction of sp³-hybridized carbons (Fsp3) is 0. The van der Waals surface area contributed by atoms with Crippen LogP contribution in [-0.4, -0.2) is 11.3 Å². The minimum atomic E-state index is 0.0473. The van der Waals surface area contributed by atoms with Crippen molar-refractivity contribution in [2.24, 2.45) is 0 Å². The van der Waals surface area contributed by atoms with Crippen molar-refractivity contribution in [1.82, 2.24) is 4.48 Å². The number of anilines is 3. The van der Waals surface area contributed by atoms with E-state index in [0.29, 0.717) is 0 Å². The van der Waals surface area contributed by atoms with Gasteiger partial charge in [0, 0.05) is 61.1 Å². The lowest BCUT2D eigenvalue weighted by Gasteiger charge is -2.41. The van der Waals surface area contributed by atoms with Crippen molar-refractivity contribution < 1.29 is 4.42 Å². The van der Waals surface area contributed by atoms with Crippen LogP contribution in [0.15, 0.2) is 156 Å². The number of para-hydroxylation sites is 4. The highest BCUT2D eigenvalue weighted by Crippen LogP contribution is 2.48. The Morgan fingerprint density at radius 3 is 2.11 bits per heavy atom. The molecule has 2 aliphatic rings. The number of hydrogen-bond acceptors (Lipinski definition) is 2. The van der Waals surface area contributed by atoms with Crippen LogP contribution in [0, 0.1) is 0 Å². The average Bonchev–Trinajstić information content (AvgIpc) is 3.66. The summed E-state index contributed by atoms with van der Waals surface area (Å²) in [4.78, 5) is 2.48. The van der Waals surface area contributed by atoms with Gasteiger partial charge in [-0.15, -0.1) is 0 Å². The third-order valence-electron chi connectivity index (χ3n) is 10.2. The number of nitrogens with zero attached hydrogens (tertiary/aromatic N) is 2. The van der Waals surface area contributed by atoms with Crippen LogP contribution < -0.4 is 15.8 Å². The van der Waals surface area contributed by atoms with Gasteiger partial charge in [0.25, 0.3) is 0 Å². The highest BCUT2D eigenvalue weighted by Gasteiger charge is 2.42. The molecule has 4 heteroatoms. The van der Waals surface area contributed by atoms with E-state index in [1.54, 1.807) is 0 Å². The van der Waals surface area contributed by atoms with Crippen molar-refractivity contribution in [2.75, 3.05) is 4.90 Å². The molecule has 11 rings (SSSR count). The van der Waals surface area contributed by atoms with Crippen molar-refractivity contribution in [1.29, 1.82) is 0 Å². The fourth-order valence-corrected chi connectivity index (χ4v) is 8.34. The number of aromatic nitrogens is 1. The predicted molar refractivity (Wildman–Crippen MR) is 193 cm³/mol. The van der Waals surface area contributed by atoms with E-state index in [1.165, 1.54) is 66.4 Å². The third kappa shape index (κ3) is 3.03. The van der Waals surface area contributed by atoms with E-state index in [0.717, 1.165) is 27.6 Å². The summed E-state index contributed by atoms with van der Waals surface area (Å²) >= 11 is 0. The van der Waals surface area contributed by atoms with Crippen LogP contribution in [0.25, 0.3) is 66.0 Å². The maximum absolute atomic E-state index is 6.52. The van der Waals surface area contributed by atoms with Crippen molar-refractivity contribution in [3.63, 3.8) is 0 Å². The second kappa shape index (κ2) is 8.80. The smallest absolute Gasteiger partial charge is 0.333 e. The number of fused-ring (bicyclic) bond motifs is 10. The molecule has 4 heterocycles. The first-order valence-electron chi connectivity index (χ1n) is 15.9. The minimum Gasteiger partial charge on any atom is -0.456 e. The van der Waals surface area contributed by atoms with Gasteiger partial charge < -0.3 is 13.8 Å². The molecule has 7 aromatic carbocycles. The van der Waals surface area contributed by atoms with E-state index in [4.69, 9.17) is 4.42 Å². The van der Waals surface area contributed by atoms with Gasteiger partial charge in [0.1, 0.15) is 11.2 Å². The van der Waals surface area contributed by atoms with Gasteiger partial charge in [0.15, 0.2) is 0 Å². The van der Waals surface area contributed by atoms with Crippen LogP contribution in [0.4, 0.5) is 17.1 Å². The topological polar surface area (TPSA) is 21.3 Å². The zero-order valence-corrected chi connectivity index (χ0v) is 24.8. The summed E-state index contributed by atoms with van der Waals surface area (Å²) in [6, 6.07) is 55.2. The highest BCUT2D eigenvalue weighted by molar-refractivity contribution is 6.90. The van der Waals surface area contributed by atoms with Crippen molar-refractivity contribution in [3.05, 3.63) is 152 Å². The largest absolute Gasteiger partial charge is 0.456 e. The maximum Gasteiger partial charge on any atom is 0.333 e. The molecule has 0 atom stereocenters. The summed E-state index contributed by atoms with van der Waals surface area (Å²) in [5.74, 6) is 0. The van der Waals surface area contributed by atoms with Crippen molar-refractivity contribution in [3.8, 4) is 22.3 Å². The Hall–Kier alpha value is -6.00. The van der Waals surface area contributed by atoms with Gasteiger partial charge in [-0.25, -0.2) is 0 Å². The lowest BCUT2D eigenvalue weighted by Crippen LogP contribution is -2.56. The second-order valence-corrected chi connectivity index (χ2v) is 12.5. The molecule has 0 radical (unpaired) electrons. The predicted octanol–water partition coefficient (Wildman–Crippen LogP) is 9.78. The Bertz CT molecular complexity index is 2720. The fourth-order valence-electron chi connectivity index (χ4n) is 8.34. The quantitative estimate of drug-likeness (QED) is 0.189. The first-order valence-corrected chi connectivity index (χ1v) is 15.9.